The topological polar surface area (TPSA) is 73.7 Å². The summed E-state index contributed by atoms with van der Waals surface area (Å²) in [4.78, 5) is 29.5. The molecule has 0 spiro atoms. The number of carbonyl (C=O) groups excluding carboxylic acids is 2. The SMILES string of the molecule is O=CN1CCN(C(=O)c2ccncc2O)CC1. The second-order valence-electron chi connectivity index (χ2n) is 3.83. The number of rotatable bonds is 2. The van der Waals surface area contributed by atoms with Crippen LogP contribution in [0, 0.1) is 0 Å². The number of hydrogen-bond acceptors (Lipinski definition) is 4. The Morgan fingerprint density at radius 3 is 2.65 bits per heavy atom. The highest BCUT2D eigenvalue weighted by Gasteiger charge is 2.22. The lowest BCUT2D eigenvalue weighted by Crippen LogP contribution is -2.48. The molecule has 1 aliphatic rings. The van der Waals surface area contributed by atoms with E-state index in [0.717, 1.165) is 6.41 Å². The molecule has 1 saturated heterocycles. The molecule has 0 bridgehead atoms. The minimum absolute atomic E-state index is 0.115. The first kappa shape index (κ1) is 11.4. The molecule has 0 radical (unpaired) electrons. The van der Waals surface area contributed by atoms with Crippen molar-refractivity contribution in [1.82, 2.24) is 14.8 Å². The van der Waals surface area contributed by atoms with Gasteiger partial charge in [-0.25, -0.2) is 0 Å². The molecule has 0 unspecified atom stereocenters. The van der Waals surface area contributed by atoms with Crippen molar-refractivity contribution in [2.45, 2.75) is 0 Å². The average Bonchev–Trinajstić information content (AvgIpc) is 2.39. The number of amides is 2. The van der Waals surface area contributed by atoms with Crippen LogP contribution in [0.25, 0.3) is 0 Å². The van der Waals surface area contributed by atoms with Crippen molar-refractivity contribution in [3.8, 4) is 5.75 Å². The lowest BCUT2D eigenvalue weighted by Gasteiger charge is -2.32. The zero-order valence-electron chi connectivity index (χ0n) is 9.24. The van der Waals surface area contributed by atoms with Gasteiger partial charge in [-0.15, -0.1) is 0 Å². The quantitative estimate of drug-likeness (QED) is 0.714. The molecule has 1 aromatic heterocycles. The van der Waals surface area contributed by atoms with Gasteiger partial charge in [0.1, 0.15) is 5.75 Å². The van der Waals surface area contributed by atoms with Crippen LogP contribution in [0.15, 0.2) is 18.5 Å². The fraction of sp³-hybridized carbons (Fsp3) is 0.364. The van der Waals surface area contributed by atoms with Gasteiger partial charge in [0.05, 0.1) is 11.8 Å². The third-order valence-corrected chi connectivity index (χ3v) is 2.78. The molecule has 6 nitrogen and oxygen atoms in total. The minimum Gasteiger partial charge on any atom is -0.505 e. The number of nitrogens with zero attached hydrogens (tertiary/aromatic N) is 3. The van der Waals surface area contributed by atoms with Crippen LogP contribution in [-0.4, -0.2) is 58.4 Å². The number of piperazine rings is 1. The van der Waals surface area contributed by atoms with E-state index < -0.39 is 0 Å². The molecule has 0 atom stereocenters. The standard InChI is InChI=1S/C11H13N3O3/c15-8-13-3-5-14(6-4-13)11(17)9-1-2-12-7-10(9)16/h1-2,7-8,16H,3-6H2. The summed E-state index contributed by atoms with van der Waals surface area (Å²) in [6, 6.07) is 1.49. The Labute approximate surface area is 98.5 Å². The smallest absolute Gasteiger partial charge is 0.257 e. The van der Waals surface area contributed by atoms with Crippen LogP contribution in [0.3, 0.4) is 0 Å². The summed E-state index contributed by atoms with van der Waals surface area (Å²) in [5.74, 6) is -0.342. The molecule has 17 heavy (non-hydrogen) atoms. The van der Waals surface area contributed by atoms with Crippen LogP contribution in [0.4, 0.5) is 0 Å². The third-order valence-electron chi connectivity index (χ3n) is 2.78. The normalized spacial score (nSPS) is 15.8. The Balaban J connectivity index is 2.07. The van der Waals surface area contributed by atoms with Gasteiger partial charge >= 0.3 is 0 Å². The zero-order valence-corrected chi connectivity index (χ0v) is 9.24. The lowest BCUT2D eigenvalue weighted by atomic mass is 10.2. The van der Waals surface area contributed by atoms with Gasteiger partial charge < -0.3 is 14.9 Å². The highest BCUT2D eigenvalue weighted by molar-refractivity contribution is 5.96. The van der Waals surface area contributed by atoms with Gasteiger partial charge in [-0.3, -0.25) is 14.6 Å². The first-order valence-electron chi connectivity index (χ1n) is 5.34. The summed E-state index contributed by atoms with van der Waals surface area (Å²) in [7, 11) is 0. The molecule has 90 valence electrons. The van der Waals surface area contributed by atoms with E-state index in [1.807, 2.05) is 0 Å². The summed E-state index contributed by atoms with van der Waals surface area (Å²) in [5, 5.41) is 9.53. The van der Waals surface area contributed by atoms with E-state index in [0.29, 0.717) is 26.2 Å². The van der Waals surface area contributed by atoms with Gasteiger partial charge in [0.25, 0.3) is 5.91 Å². The van der Waals surface area contributed by atoms with Gasteiger partial charge in [-0.1, -0.05) is 0 Å². The molecule has 6 heteroatoms. The number of hydrogen-bond donors (Lipinski definition) is 1. The molecule has 2 rings (SSSR count). The van der Waals surface area contributed by atoms with Crippen molar-refractivity contribution < 1.29 is 14.7 Å². The second kappa shape index (κ2) is 4.82. The van der Waals surface area contributed by atoms with E-state index in [2.05, 4.69) is 4.98 Å². The first-order chi connectivity index (χ1) is 8.22. The van der Waals surface area contributed by atoms with Crippen molar-refractivity contribution in [3.63, 3.8) is 0 Å². The van der Waals surface area contributed by atoms with Crippen molar-refractivity contribution in [2.75, 3.05) is 26.2 Å². The minimum atomic E-state index is -0.226. The van der Waals surface area contributed by atoms with Gasteiger partial charge in [-0.05, 0) is 6.07 Å². The molecule has 1 N–H and O–H groups in total. The highest BCUT2D eigenvalue weighted by Crippen LogP contribution is 2.17. The van der Waals surface area contributed by atoms with Crippen molar-refractivity contribution in [3.05, 3.63) is 24.0 Å². The lowest BCUT2D eigenvalue weighted by molar-refractivity contribution is -0.119. The summed E-state index contributed by atoms with van der Waals surface area (Å²) in [6.07, 6.45) is 3.50. The Bertz CT molecular complexity index is 428. The fourth-order valence-corrected chi connectivity index (χ4v) is 1.77. The van der Waals surface area contributed by atoms with Gasteiger partial charge in [-0.2, -0.15) is 0 Å². The first-order valence-corrected chi connectivity index (χ1v) is 5.34. The van der Waals surface area contributed by atoms with Gasteiger partial charge in [0, 0.05) is 32.4 Å². The Morgan fingerprint density at radius 2 is 2.06 bits per heavy atom. The summed E-state index contributed by atoms with van der Waals surface area (Å²) >= 11 is 0. The number of carbonyl (C=O) groups is 2. The van der Waals surface area contributed by atoms with E-state index in [4.69, 9.17) is 0 Å². The van der Waals surface area contributed by atoms with Crippen LogP contribution >= 0.6 is 0 Å². The summed E-state index contributed by atoms with van der Waals surface area (Å²) in [6.45, 7) is 2.03. The molecule has 0 aromatic carbocycles. The monoisotopic (exact) mass is 235 g/mol. The van der Waals surface area contributed by atoms with Crippen LogP contribution < -0.4 is 0 Å². The fourth-order valence-electron chi connectivity index (χ4n) is 1.77. The van der Waals surface area contributed by atoms with Crippen LogP contribution in [0.5, 0.6) is 5.75 Å². The Kier molecular flexibility index (Phi) is 3.22. The average molecular weight is 235 g/mol. The van der Waals surface area contributed by atoms with Gasteiger partial charge in [0.15, 0.2) is 0 Å². The molecular formula is C11H13N3O3. The predicted molar refractivity (Wildman–Crippen MR) is 59.4 cm³/mol. The van der Waals surface area contributed by atoms with E-state index in [1.165, 1.54) is 18.5 Å². The molecule has 2 amide bonds. The summed E-state index contributed by atoms with van der Waals surface area (Å²) in [5.41, 5.74) is 0.250. The largest absolute Gasteiger partial charge is 0.505 e. The van der Waals surface area contributed by atoms with Crippen molar-refractivity contribution >= 4 is 12.3 Å². The maximum absolute atomic E-state index is 12.0. The maximum Gasteiger partial charge on any atom is 0.257 e. The molecule has 1 aliphatic heterocycles. The van der Waals surface area contributed by atoms with E-state index in [9.17, 15) is 14.7 Å². The number of aromatic hydroxyl groups is 1. The van der Waals surface area contributed by atoms with E-state index >= 15 is 0 Å². The van der Waals surface area contributed by atoms with Crippen molar-refractivity contribution in [1.29, 1.82) is 0 Å². The van der Waals surface area contributed by atoms with Gasteiger partial charge in [0.2, 0.25) is 6.41 Å². The number of aromatic nitrogens is 1. The molecule has 0 aliphatic carbocycles. The van der Waals surface area contributed by atoms with Crippen molar-refractivity contribution in [2.24, 2.45) is 0 Å². The third kappa shape index (κ3) is 2.35. The number of pyridine rings is 1. The highest BCUT2D eigenvalue weighted by atomic mass is 16.3. The Hall–Kier alpha value is -2.11. The molecule has 0 saturated carbocycles. The van der Waals surface area contributed by atoms with Crippen LogP contribution in [0.2, 0.25) is 0 Å². The van der Waals surface area contributed by atoms with E-state index in [-0.39, 0.29) is 17.2 Å². The maximum atomic E-state index is 12.0. The Morgan fingerprint density at radius 1 is 1.35 bits per heavy atom. The van der Waals surface area contributed by atoms with Crippen LogP contribution in [0.1, 0.15) is 10.4 Å². The molecule has 1 aromatic rings. The molecular weight excluding hydrogens is 222 g/mol. The van der Waals surface area contributed by atoms with Crippen LogP contribution in [-0.2, 0) is 4.79 Å². The summed E-state index contributed by atoms with van der Waals surface area (Å²) < 4.78 is 0. The zero-order chi connectivity index (χ0) is 12.3. The second-order valence-corrected chi connectivity index (χ2v) is 3.83. The molecule has 2 heterocycles. The predicted octanol–water partition coefficient (Wildman–Crippen LogP) is -0.299. The van der Waals surface area contributed by atoms with E-state index in [1.54, 1.807) is 9.80 Å². The molecule has 1 fully saturated rings.